The van der Waals surface area contributed by atoms with Crippen LogP contribution >= 0.6 is 22.7 Å². The Morgan fingerprint density at radius 2 is 2.18 bits per heavy atom. The molecule has 28 heavy (non-hydrogen) atoms. The molecule has 1 aliphatic heterocycles. The third kappa shape index (κ3) is 4.18. The Labute approximate surface area is 170 Å². The van der Waals surface area contributed by atoms with E-state index in [0.717, 1.165) is 21.8 Å². The van der Waals surface area contributed by atoms with Crippen molar-refractivity contribution in [3.63, 3.8) is 0 Å². The van der Waals surface area contributed by atoms with E-state index in [-0.39, 0.29) is 6.61 Å². The van der Waals surface area contributed by atoms with Crippen LogP contribution in [-0.2, 0) is 16.1 Å². The summed E-state index contributed by atoms with van der Waals surface area (Å²) in [5, 5.41) is 6.87. The Kier molecular flexibility index (Phi) is 5.59. The summed E-state index contributed by atoms with van der Waals surface area (Å²) in [6.07, 6.45) is 3.03. The molecule has 0 saturated carbocycles. The lowest BCUT2D eigenvalue weighted by Crippen LogP contribution is -2.16. The van der Waals surface area contributed by atoms with E-state index in [1.54, 1.807) is 36.7 Å². The van der Waals surface area contributed by atoms with Crippen LogP contribution in [0.1, 0.15) is 11.3 Å². The van der Waals surface area contributed by atoms with E-state index < -0.39 is 5.97 Å². The number of thiazole rings is 1. The first-order chi connectivity index (χ1) is 13.7. The molecule has 0 radical (unpaired) electrons. The Morgan fingerprint density at radius 1 is 1.29 bits per heavy atom. The average Bonchev–Trinajstić information content (AvgIpc) is 3.41. The molecule has 1 aliphatic rings. The van der Waals surface area contributed by atoms with Gasteiger partial charge < -0.3 is 18.9 Å². The number of rotatable bonds is 6. The molecule has 2 aromatic heterocycles. The quantitative estimate of drug-likeness (QED) is 0.439. The van der Waals surface area contributed by atoms with Crippen molar-refractivity contribution in [1.82, 2.24) is 4.98 Å². The van der Waals surface area contributed by atoms with Crippen molar-refractivity contribution in [2.45, 2.75) is 6.61 Å². The van der Waals surface area contributed by atoms with Gasteiger partial charge in [0.1, 0.15) is 24.8 Å². The second-order valence-electron chi connectivity index (χ2n) is 5.84. The lowest BCUT2D eigenvalue weighted by molar-refractivity contribution is -0.139. The topological polar surface area (TPSA) is 66.9 Å². The summed E-state index contributed by atoms with van der Waals surface area (Å²) in [5.41, 5.74) is 2.57. The number of hydrogen-bond donors (Lipinski definition) is 0. The van der Waals surface area contributed by atoms with Gasteiger partial charge in [-0.1, -0.05) is 0 Å². The standard InChI is InChI=1S/C20H17NO5S2/c1-23-16-8-13(9-17-19(16)25-6-5-24-17)2-3-18(22)26-10-15-12-28-20(21-15)14-4-7-27-11-14/h2-4,7-9,11-12H,5-6,10H2,1H3/b3-2+. The van der Waals surface area contributed by atoms with Gasteiger partial charge in [-0.15, -0.1) is 11.3 Å². The van der Waals surface area contributed by atoms with Crippen molar-refractivity contribution in [2.24, 2.45) is 0 Å². The number of fused-ring (bicyclic) bond motifs is 1. The van der Waals surface area contributed by atoms with Crippen molar-refractivity contribution in [1.29, 1.82) is 0 Å². The van der Waals surface area contributed by atoms with E-state index in [4.69, 9.17) is 18.9 Å². The summed E-state index contributed by atoms with van der Waals surface area (Å²) in [7, 11) is 1.56. The fraction of sp³-hybridized carbons (Fsp3) is 0.200. The van der Waals surface area contributed by atoms with E-state index in [1.807, 2.05) is 22.2 Å². The molecule has 144 valence electrons. The van der Waals surface area contributed by atoms with Gasteiger partial charge in [-0.05, 0) is 35.2 Å². The number of ether oxygens (including phenoxy) is 4. The van der Waals surface area contributed by atoms with E-state index in [2.05, 4.69) is 4.98 Å². The van der Waals surface area contributed by atoms with Crippen molar-refractivity contribution in [2.75, 3.05) is 20.3 Å². The Bertz CT molecular complexity index is 977. The van der Waals surface area contributed by atoms with Gasteiger partial charge >= 0.3 is 5.97 Å². The van der Waals surface area contributed by atoms with Crippen molar-refractivity contribution < 1.29 is 23.7 Å². The lowest BCUT2D eigenvalue weighted by atomic mass is 10.1. The minimum absolute atomic E-state index is 0.133. The zero-order valence-corrected chi connectivity index (χ0v) is 16.7. The number of carbonyl (C=O) groups excluding carboxylic acids is 1. The van der Waals surface area contributed by atoms with Gasteiger partial charge in [0.2, 0.25) is 5.75 Å². The zero-order valence-electron chi connectivity index (χ0n) is 15.0. The van der Waals surface area contributed by atoms with Crippen LogP contribution in [0.3, 0.4) is 0 Å². The van der Waals surface area contributed by atoms with Crippen LogP contribution in [0.15, 0.2) is 40.4 Å². The van der Waals surface area contributed by atoms with Crippen molar-refractivity contribution >= 4 is 34.7 Å². The van der Waals surface area contributed by atoms with Gasteiger partial charge in [-0.3, -0.25) is 0 Å². The minimum Gasteiger partial charge on any atom is -0.493 e. The van der Waals surface area contributed by atoms with Crippen molar-refractivity contribution in [3.05, 3.63) is 51.7 Å². The SMILES string of the molecule is COc1cc(/C=C/C(=O)OCc2csc(-c3ccsc3)n2)cc2c1OCCO2. The highest BCUT2D eigenvalue weighted by Gasteiger charge is 2.17. The molecule has 0 amide bonds. The largest absolute Gasteiger partial charge is 0.493 e. The first-order valence-electron chi connectivity index (χ1n) is 8.52. The molecule has 1 aromatic carbocycles. The predicted molar refractivity (Wildman–Crippen MR) is 108 cm³/mol. The Balaban J connectivity index is 1.38. The minimum atomic E-state index is -0.445. The molecule has 3 aromatic rings. The molecule has 0 saturated heterocycles. The highest BCUT2D eigenvalue weighted by atomic mass is 32.1. The summed E-state index contributed by atoms with van der Waals surface area (Å²) >= 11 is 3.16. The number of methoxy groups -OCH3 is 1. The third-order valence-electron chi connectivity index (χ3n) is 3.94. The number of carbonyl (C=O) groups is 1. The molecule has 0 fully saturated rings. The number of nitrogens with zero attached hydrogens (tertiary/aromatic N) is 1. The molecule has 0 unspecified atom stereocenters. The number of benzene rings is 1. The van der Waals surface area contributed by atoms with Crippen LogP contribution in [-0.4, -0.2) is 31.3 Å². The van der Waals surface area contributed by atoms with Crippen LogP contribution in [0.2, 0.25) is 0 Å². The van der Waals surface area contributed by atoms with Crippen LogP contribution < -0.4 is 14.2 Å². The molecular formula is C20H17NO5S2. The summed E-state index contributed by atoms with van der Waals surface area (Å²) < 4.78 is 21.8. The first-order valence-corrected chi connectivity index (χ1v) is 10.3. The summed E-state index contributed by atoms with van der Waals surface area (Å²) in [4.78, 5) is 16.5. The number of thiophene rings is 1. The van der Waals surface area contributed by atoms with Gasteiger partial charge in [0.05, 0.1) is 12.8 Å². The maximum Gasteiger partial charge on any atom is 0.331 e. The molecule has 3 heterocycles. The Hall–Kier alpha value is -2.84. The average molecular weight is 415 g/mol. The molecular weight excluding hydrogens is 398 g/mol. The van der Waals surface area contributed by atoms with Crippen LogP contribution in [0, 0.1) is 0 Å². The molecule has 4 rings (SSSR count). The molecule has 0 atom stereocenters. The normalized spacial score (nSPS) is 12.9. The number of aromatic nitrogens is 1. The molecule has 0 spiro atoms. The highest BCUT2D eigenvalue weighted by Crippen LogP contribution is 2.40. The van der Waals surface area contributed by atoms with Crippen molar-refractivity contribution in [3.8, 4) is 27.8 Å². The van der Waals surface area contributed by atoms with Gasteiger partial charge in [-0.2, -0.15) is 11.3 Å². The Morgan fingerprint density at radius 3 is 3.00 bits per heavy atom. The summed E-state index contributed by atoms with van der Waals surface area (Å²) in [6, 6.07) is 5.60. The van der Waals surface area contributed by atoms with Crippen LogP contribution in [0.4, 0.5) is 0 Å². The fourth-order valence-electron chi connectivity index (χ4n) is 2.64. The van der Waals surface area contributed by atoms with Gasteiger partial charge in [0.15, 0.2) is 11.5 Å². The third-order valence-corrected chi connectivity index (χ3v) is 5.57. The predicted octanol–water partition coefficient (Wildman–Crippen LogP) is 4.41. The van der Waals surface area contributed by atoms with E-state index in [9.17, 15) is 4.79 Å². The highest BCUT2D eigenvalue weighted by molar-refractivity contribution is 7.14. The van der Waals surface area contributed by atoms with Crippen LogP contribution in [0.25, 0.3) is 16.6 Å². The molecule has 0 N–H and O–H groups in total. The van der Waals surface area contributed by atoms with E-state index >= 15 is 0 Å². The fourth-order valence-corrected chi connectivity index (χ4v) is 4.16. The molecule has 0 aliphatic carbocycles. The number of hydrogen-bond acceptors (Lipinski definition) is 8. The lowest BCUT2D eigenvalue weighted by Gasteiger charge is -2.20. The maximum absolute atomic E-state index is 12.0. The zero-order chi connectivity index (χ0) is 19.3. The van der Waals surface area contributed by atoms with Gasteiger partial charge in [0.25, 0.3) is 0 Å². The number of esters is 1. The van der Waals surface area contributed by atoms with Gasteiger partial charge in [0, 0.05) is 22.4 Å². The van der Waals surface area contributed by atoms with Gasteiger partial charge in [-0.25, -0.2) is 9.78 Å². The van der Waals surface area contributed by atoms with E-state index in [0.29, 0.717) is 30.5 Å². The van der Waals surface area contributed by atoms with E-state index in [1.165, 1.54) is 17.4 Å². The summed E-state index contributed by atoms with van der Waals surface area (Å²) in [5.74, 6) is 1.30. The monoisotopic (exact) mass is 415 g/mol. The first kappa shape index (κ1) is 18.5. The molecule has 8 heteroatoms. The summed E-state index contributed by atoms with van der Waals surface area (Å²) in [6.45, 7) is 1.09. The maximum atomic E-state index is 12.0. The second-order valence-corrected chi connectivity index (χ2v) is 7.48. The smallest absolute Gasteiger partial charge is 0.331 e. The van der Waals surface area contributed by atoms with Crippen LogP contribution in [0.5, 0.6) is 17.2 Å². The molecule has 6 nitrogen and oxygen atoms in total. The molecule has 0 bridgehead atoms. The second kappa shape index (κ2) is 8.45.